The molecule has 1 aromatic heterocycles. The molecule has 1 atom stereocenters. The van der Waals surface area contributed by atoms with Crippen molar-refractivity contribution in [3.8, 4) is 6.07 Å². The largest absolute Gasteiger partial charge is 0.312 e. The fourth-order valence-corrected chi connectivity index (χ4v) is 6.06. The van der Waals surface area contributed by atoms with Crippen molar-refractivity contribution in [3.05, 3.63) is 75.9 Å². The zero-order chi connectivity index (χ0) is 22.9. The molecule has 0 fully saturated rings. The number of hydrogen-bond donors (Lipinski definition) is 2. The van der Waals surface area contributed by atoms with Gasteiger partial charge in [0.2, 0.25) is 0 Å². The van der Waals surface area contributed by atoms with Crippen molar-refractivity contribution in [2.45, 2.75) is 31.1 Å². The quantitative estimate of drug-likeness (QED) is 0.553. The minimum absolute atomic E-state index is 0.0688. The number of thiophene rings is 1. The van der Waals surface area contributed by atoms with E-state index in [9.17, 15) is 22.9 Å². The Balaban J connectivity index is 1.48. The summed E-state index contributed by atoms with van der Waals surface area (Å²) in [6.45, 7) is 2.18. The molecule has 0 radical (unpaired) electrons. The summed E-state index contributed by atoms with van der Waals surface area (Å²) < 4.78 is 40.3. The van der Waals surface area contributed by atoms with Crippen LogP contribution in [0.4, 0.5) is 15.1 Å². The van der Waals surface area contributed by atoms with Crippen molar-refractivity contribution in [1.82, 2.24) is 0 Å². The third kappa shape index (κ3) is 4.52. The summed E-state index contributed by atoms with van der Waals surface area (Å²) in [5, 5.41) is 13.0. The van der Waals surface area contributed by atoms with Gasteiger partial charge in [0.05, 0.1) is 10.5 Å². The van der Waals surface area contributed by atoms with Crippen LogP contribution in [0.2, 0.25) is 0 Å². The minimum atomic E-state index is -3.88. The molecule has 0 bridgehead atoms. The Morgan fingerprint density at radius 3 is 2.50 bits per heavy atom. The maximum atomic E-state index is 13.0. The average Bonchev–Trinajstić information content (AvgIpc) is 3.10. The molecule has 2 N–H and O–H groups in total. The van der Waals surface area contributed by atoms with Crippen LogP contribution in [0.3, 0.4) is 0 Å². The van der Waals surface area contributed by atoms with E-state index >= 15 is 0 Å². The van der Waals surface area contributed by atoms with E-state index in [-0.39, 0.29) is 16.5 Å². The van der Waals surface area contributed by atoms with Gasteiger partial charge in [0, 0.05) is 16.1 Å². The van der Waals surface area contributed by atoms with Crippen LogP contribution in [-0.2, 0) is 22.9 Å². The third-order valence-electron chi connectivity index (χ3n) is 5.37. The van der Waals surface area contributed by atoms with Crippen molar-refractivity contribution in [2.24, 2.45) is 5.92 Å². The van der Waals surface area contributed by atoms with E-state index in [1.807, 2.05) is 0 Å². The lowest BCUT2D eigenvalue weighted by Gasteiger charge is -2.17. The van der Waals surface area contributed by atoms with Gasteiger partial charge in [-0.3, -0.25) is 9.52 Å². The molecular formula is C23H20FN3O3S2. The Morgan fingerprint density at radius 2 is 1.84 bits per heavy atom. The number of benzene rings is 2. The zero-order valence-corrected chi connectivity index (χ0v) is 18.8. The lowest BCUT2D eigenvalue weighted by molar-refractivity contribution is 0.102. The Kier molecular flexibility index (Phi) is 6.00. The maximum absolute atomic E-state index is 13.0. The molecule has 4 rings (SSSR count). The van der Waals surface area contributed by atoms with Gasteiger partial charge >= 0.3 is 0 Å². The summed E-state index contributed by atoms with van der Waals surface area (Å²) in [7, 11) is -3.88. The first-order valence-electron chi connectivity index (χ1n) is 10.0. The van der Waals surface area contributed by atoms with Crippen molar-refractivity contribution in [1.29, 1.82) is 5.26 Å². The molecule has 1 heterocycles. The van der Waals surface area contributed by atoms with E-state index in [0.29, 0.717) is 22.0 Å². The fourth-order valence-electron chi connectivity index (χ4n) is 3.65. The van der Waals surface area contributed by atoms with E-state index in [4.69, 9.17) is 0 Å². The summed E-state index contributed by atoms with van der Waals surface area (Å²) in [5.41, 5.74) is 2.17. The van der Waals surface area contributed by atoms with Crippen LogP contribution in [0.25, 0.3) is 0 Å². The number of carbonyl (C=O) groups excluding carboxylic acids is 1. The van der Waals surface area contributed by atoms with Crippen LogP contribution in [0.1, 0.15) is 39.7 Å². The van der Waals surface area contributed by atoms with Crippen LogP contribution in [-0.4, -0.2) is 14.3 Å². The van der Waals surface area contributed by atoms with Crippen LogP contribution in [0.15, 0.2) is 53.4 Å². The van der Waals surface area contributed by atoms with Crippen LogP contribution in [0.5, 0.6) is 0 Å². The van der Waals surface area contributed by atoms with Gasteiger partial charge in [0.25, 0.3) is 15.9 Å². The summed E-state index contributed by atoms with van der Waals surface area (Å²) in [6, 6.07) is 12.7. The lowest BCUT2D eigenvalue weighted by Crippen LogP contribution is -2.14. The molecule has 164 valence electrons. The summed E-state index contributed by atoms with van der Waals surface area (Å²) in [5.74, 6) is -0.344. The van der Waals surface area contributed by atoms with Crippen molar-refractivity contribution >= 4 is 38.0 Å². The molecule has 1 aliphatic rings. The highest BCUT2D eigenvalue weighted by Crippen LogP contribution is 2.39. The first kappa shape index (κ1) is 22.0. The minimum Gasteiger partial charge on any atom is -0.312 e. The van der Waals surface area contributed by atoms with Crippen molar-refractivity contribution in [3.63, 3.8) is 0 Å². The molecule has 6 nitrogen and oxygen atoms in total. The highest BCUT2D eigenvalue weighted by atomic mass is 32.2. The molecule has 0 spiro atoms. The number of nitriles is 1. The number of nitrogens with zero attached hydrogens (tertiary/aromatic N) is 1. The summed E-state index contributed by atoms with van der Waals surface area (Å²) in [6.07, 6.45) is 2.78. The number of carbonyl (C=O) groups is 1. The van der Waals surface area contributed by atoms with Crippen LogP contribution >= 0.6 is 11.3 Å². The van der Waals surface area contributed by atoms with Gasteiger partial charge in [-0.05, 0) is 79.3 Å². The van der Waals surface area contributed by atoms with Crippen molar-refractivity contribution in [2.75, 3.05) is 10.0 Å². The highest BCUT2D eigenvalue weighted by molar-refractivity contribution is 7.92. The van der Waals surface area contributed by atoms with E-state index in [1.54, 1.807) is 0 Å². The fraction of sp³-hybridized carbons (Fsp3) is 0.217. The molecule has 3 aromatic rings. The summed E-state index contributed by atoms with van der Waals surface area (Å²) in [4.78, 5) is 13.8. The number of rotatable bonds is 5. The Labute approximate surface area is 189 Å². The molecular weight excluding hydrogens is 449 g/mol. The zero-order valence-electron chi connectivity index (χ0n) is 17.2. The molecule has 32 heavy (non-hydrogen) atoms. The molecule has 0 saturated carbocycles. The van der Waals surface area contributed by atoms with Crippen LogP contribution < -0.4 is 10.0 Å². The first-order chi connectivity index (χ1) is 15.3. The third-order valence-corrected chi connectivity index (χ3v) is 7.94. The van der Waals surface area contributed by atoms with E-state index in [2.05, 4.69) is 23.0 Å². The molecule has 0 saturated heterocycles. The van der Waals surface area contributed by atoms with E-state index in [1.165, 1.54) is 47.7 Å². The van der Waals surface area contributed by atoms with Gasteiger partial charge < -0.3 is 5.32 Å². The SMILES string of the molecule is CC1CCc2c(sc(NC(=O)c3ccc(NS(=O)(=O)c4ccc(F)cc4)cc3)c2C#N)C1. The first-order valence-corrected chi connectivity index (χ1v) is 12.3. The molecule has 1 amide bonds. The second kappa shape index (κ2) is 8.73. The summed E-state index contributed by atoms with van der Waals surface area (Å²) >= 11 is 1.45. The molecule has 9 heteroatoms. The number of hydrogen-bond acceptors (Lipinski definition) is 5. The Bertz CT molecular complexity index is 1310. The topological polar surface area (TPSA) is 99.1 Å². The second-order valence-electron chi connectivity index (χ2n) is 7.76. The number of fused-ring (bicyclic) bond motifs is 1. The molecule has 1 unspecified atom stereocenters. The Hall–Kier alpha value is -3.22. The van der Waals surface area contributed by atoms with E-state index in [0.717, 1.165) is 41.8 Å². The van der Waals surface area contributed by atoms with Crippen LogP contribution in [0, 0.1) is 23.1 Å². The van der Waals surface area contributed by atoms with Gasteiger partial charge in [0.1, 0.15) is 16.9 Å². The van der Waals surface area contributed by atoms with Crippen molar-refractivity contribution < 1.29 is 17.6 Å². The number of nitrogens with one attached hydrogen (secondary N) is 2. The number of sulfonamides is 1. The number of amides is 1. The normalized spacial score (nSPS) is 15.5. The standard InChI is InChI=1S/C23H20FN3O3S2/c1-14-2-11-19-20(13-25)23(31-21(19)12-14)26-22(28)15-3-7-17(8-4-15)27-32(29,30)18-9-5-16(24)6-10-18/h3-10,14,27H,2,11-12H2,1H3,(H,26,28). The average molecular weight is 470 g/mol. The van der Waals surface area contributed by atoms with Gasteiger partial charge in [-0.15, -0.1) is 11.3 Å². The molecule has 2 aromatic carbocycles. The monoisotopic (exact) mass is 469 g/mol. The van der Waals surface area contributed by atoms with E-state index < -0.39 is 15.8 Å². The predicted octanol–water partition coefficient (Wildman–Crippen LogP) is 4.94. The number of halogens is 1. The number of anilines is 2. The van der Waals surface area contributed by atoms with Gasteiger partial charge in [-0.1, -0.05) is 6.92 Å². The van der Waals surface area contributed by atoms with Gasteiger partial charge in [0.15, 0.2) is 0 Å². The predicted molar refractivity (Wildman–Crippen MR) is 122 cm³/mol. The maximum Gasteiger partial charge on any atom is 0.261 e. The molecule has 0 aliphatic heterocycles. The van der Waals surface area contributed by atoms with Gasteiger partial charge in [-0.2, -0.15) is 5.26 Å². The second-order valence-corrected chi connectivity index (χ2v) is 10.5. The Morgan fingerprint density at radius 1 is 1.16 bits per heavy atom. The highest BCUT2D eigenvalue weighted by Gasteiger charge is 2.25. The molecule has 1 aliphatic carbocycles. The van der Waals surface area contributed by atoms with Gasteiger partial charge in [-0.25, -0.2) is 12.8 Å². The lowest BCUT2D eigenvalue weighted by atomic mass is 9.88. The smallest absolute Gasteiger partial charge is 0.261 e.